The minimum Gasteiger partial charge on any atom is -0.422 e. The highest BCUT2D eigenvalue weighted by Crippen LogP contribution is 2.45. The maximum atomic E-state index is 5.67. The summed E-state index contributed by atoms with van der Waals surface area (Å²) in [5.41, 5.74) is 0. The number of aromatic nitrogens is 2. The van der Waals surface area contributed by atoms with Gasteiger partial charge in [-0.3, -0.25) is 0 Å². The molecule has 1 atom stereocenters. The summed E-state index contributed by atoms with van der Waals surface area (Å²) in [6, 6.07) is 0. The average molecular weight is 227 g/mol. The molecule has 1 aromatic rings. The van der Waals surface area contributed by atoms with E-state index in [9.17, 15) is 0 Å². The molecular formula is C10H17N3OS. The molecule has 0 radical (unpaired) electrons. The molecule has 1 unspecified atom stereocenters. The van der Waals surface area contributed by atoms with Crippen LogP contribution in [0.3, 0.4) is 0 Å². The van der Waals surface area contributed by atoms with E-state index in [0.29, 0.717) is 12.4 Å². The molecule has 1 saturated heterocycles. The predicted octanol–water partition coefficient (Wildman–Crippen LogP) is 1.92. The molecule has 0 amide bonds. The van der Waals surface area contributed by atoms with Crippen LogP contribution in [0.25, 0.3) is 0 Å². The van der Waals surface area contributed by atoms with Gasteiger partial charge in [0.2, 0.25) is 11.8 Å². The Morgan fingerprint density at radius 1 is 1.53 bits per heavy atom. The largest absolute Gasteiger partial charge is 0.422 e. The standard InChI is InChI=1S/C10H17N3OS/c1-3-11-7-8-12-13-9(14-8)10(2)5-4-6-15-10/h11H,3-7H2,1-2H3. The molecule has 1 N–H and O–H groups in total. The fraction of sp³-hybridized carbons (Fsp3) is 0.800. The smallest absolute Gasteiger partial charge is 0.232 e. The zero-order valence-corrected chi connectivity index (χ0v) is 10.1. The highest BCUT2D eigenvalue weighted by atomic mass is 32.2. The molecule has 0 spiro atoms. The fourth-order valence-electron chi connectivity index (χ4n) is 1.72. The Labute approximate surface area is 94.2 Å². The molecule has 2 rings (SSSR count). The van der Waals surface area contributed by atoms with Crippen LogP contribution < -0.4 is 5.32 Å². The second-order valence-electron chi connectivity index (χ2n) is 3.96. The zero-order valence-electron chi connectivity index (χ0n) is 9.25. The Kier molecular flexibility index (Phi) is 3.31. The third kappa shape index (κ3) is 2.34. The maximum absolute atomic E-state index is 5.67. The van der Waals surface area contributed by atoms with Gasteiger partial charge in [0, 0.05) is 0 Å². The van der Waals surface area contributed by atoms with Crippen molar-refractivity contribution in [3.05, 3.63) is 11.8 Å². The minimum absolute atomic E-state index is 0.0530. The van der Waals surface area contributed by atoms with Crippen LogP contribution in [0, 0.1) is 0 Å². The average Bonchev–Trinajstić information content (AvgIpc) is 2.84. The third-order valence-corrected chi connectivity index (χ3v) is 4.17. The number of rotatable bonds is 4. The number of hydrogen-bond donors (Lipinski definition) is 1. The first-order valence-corrected chi connectivity index (χ1v) is 6.41. The Bertz CT molecular complexity index is 320. The van der Waals surface area contributed by atoms with E-state index in [4.69, 9.17) is 4.42 Å². The lowest BCUT2D eigenvalue weighted by Crippen LogP contribution is -2.13. The van der Waals surface area contributed by atoms with Gasteiger partial charge in [0.05, 0.1) is 11.3 Å². The van der Waals surface area contributed by atoms with Gasteiger partial charge in [0.1, 0.15) is 0 Å². The number of hydrogen-bond acceptors (Lipinski definition) is 5. The molecule has 4 nitrogen and oxygen atoms in total. The van der Waals surface area contributed by atoms with Crippen LogP contribution >= 0.6 is 11.8 Å². The fourth-order valence-corrected chi connectivity index (χ4v) is 2.95. The highest BCUT2D eigenvalue weighted by Gasteiger charge is 2.36. The topological polar surface area (TPSA) is 51.0 Å². The lowest BCUT2D eigenvalue weighted by atomic mass is 10.1. The van der Waals surface area contributed by atoms with Crippen LogP contribution in [0.5, 0.6) is 0 Å². The van der Waals surface area contributed by atoms with Crippen LogP contribution in [0.4, 0.5) is 0 Å². The Balaban J connectivity index is 2.05. The van der Waals surface area contributed by atoms with Gasteiger partial charge in [0.15, 0.2) is 0 Å². The molecular weight excluding hydrogens is 210 g/mol. The molecule has 15 heavy (non-hydrogen) atoms. The van der Waals surface area contributed by atoms with Crippen LogP contribution in [0.1, 0.15) is 38.5 Å². The number of nitrogens with zero attached hydrogens (tertiary/aromatic N) is 2. The van der Waals surface area contributed by atoms with Crippen molar-refractivity contribution in [3.8, 4) is 0 Å². The first kappa shape index (κ1) is 11.0. The maximum Gasteiger partial charge on any atom is 0.232 e. The van der Waals surface area contributed by atoms with Gasteiger partial charge in [0.25, 0.3) is 0 Å². The lowest BCUT2D eigenvalue weighted by Gasteiger charge is -2.16. The molecule has 1 aromatic heterocycles. The molecule has 1 fully saturated rings. The van der Waals surface area contributed by atoms with Crippen molar-refractivity contribution in [2.24, 2.45) is 0 Å². The molecule has 0 bridgehead atoms. The van der Waals surface area contributed by atoms with Crippen molar-refractivity contribution < 1.29 is 4.42 Å². The van der Waals surface area contributed by atoms with Crippen LogP contribution in [0.15, 0.2) is 4.42 Å². The molecule has 2 heterocycles. The van der Waals surface area contributed by atoms with Crippen molar-refractivity contribution in [2.45, 2.75) is 38.0 Å². The first-order valence-electron chi connectivity index (χ1n) is 5.42. The monoisotopic (exact) mass is 227 g/mol. The summed E-state index contributed by atoms with van der Waals surface area (Å²) in [6.45, 7) is 5.84. The molecule has 84 valence electrons. The highest BCUT2D eigenvalue weighted by molar-refractivity contribution is 8.00. The summed E-state index contributed by atoms with van der Waals surface area (Å²) in [6.07, 6.45) is 2.38. The zero-order chi connectivity index (χ0) is 10.7. The number of nitrogens with one attached hydrogen (secondary N) is 1. The van der Waals surface area contributed by atoms with E-state index >= 15 is 0 Å². The van der Waals surface area contributed by atoms with Crippen molar-refractivity contribution in [1.29, 1.82) is 0 Å². The quantitative estimate of drug-likeness (QED) is 0.851. The van der Waals surface area contributed by atoms with E-state index in [-0.39, 0.29) is 4.75 Å². The molecule has 1 aliphatic heterocycles. The van der Waals surface area contributed by atoms with Crippen molar-refractivity contribution in [3.63, 3.8) is 0 Å². The van der Waals surface area contributed by atoms with E-state index in [2.05, 4.69) is 29.4 Å². The van der Waals surface area contributed by atoms with Gasteiger partial charge in [-0.25, -0.2) is 0 Å². The van der Waals surface area contributed by atoms with Gasteiger partial charge in [-0.15, -0.1) is 22.0 Å². The normalized spacial score (nSPS) is 26.0. The summed E-state index contributed by atoms with van der Waals surface area (Å²) in [7, 11) is 0. The Hall–Kier alpha value is -0.550. The molecule has 0 aromatic carbocycles. The first-order chi connectivity index (χ1) is 7.24. The summed E-state index contributed by atoms with van der Waals surface area (Å²) in [5.74, 6) is 2.68. The molecule has 0 aliphatic carbocycles. The lowest BCUT2D eigenvalue weighted by molar-refractivity contribution is 0.393. The summed E-state index contributed by atoms with van der Waals surface area (Å²) < 4.78 is 5.72. The summed E-state index contributed by atoms with van der Waals surface area (Å²) >= 11 is 1.92. The van der Waals surface area contributed by atoms with Crippen LogP contribution in [-0.4, -0.2) is 22.5 Å². The summed E-state index contributed by atoms with van der Waals surface area (Å²) in [5, 5.41) is 11.4. The van der Waals surface area contributed by atoms with Crippen LogP contribution in [0.2, 0.25) is 0 Å². The molecule has 1 aliphatic rings. The molecule has 5 heteroatoms. The van der Waals surface area contributed by atoms with E-state index in [1.807, 2.05) is 11.8 Å². The van der Waals surface area contributed by atoms with E-state index in [1.165, 1.54) is 12.2 Å². The van der Waals surface area contributed by atoms with E-state index < -0.39 is 0 Å². The van der Waals surface area contributed by atoms with Gasteiger partial charge in [-0.1, -0.05) is 6.92 Å². The van der Waals surface area contributed by atoms with Gasteiger partial charge >= 0.3 is 0 Å². The van der Waals surface area contributed by atoms with Crippen molar-refractivity contribution in [1.82, 2.24) is 15.5 Å². The SMILES string of the molecule is CCNCc1nnc(C2(C)CCCS2)o1. The number of thioether (sulfide) groups is 1. The Morgan fingerprint density at radius 3 is 3.07 bits per heavy atom. The van der Waals surface area contributed by atoms with E-state index in [0.717, 1.165) is 18.9 Å². The second-order valence-corrected chi connectivity index (χ2v) is 5.56. The van der Waals surface area contributed by atoms with Gasteiger partial charge in [-0.2, -0.15) is 0 Å². The predicted molar refractivity (Wildman–Crippen MR) is 60.7 cm³/mol. The molecule has 0 saturated carbocycles. The Morgan fingerprint density at radius 2 is 2.40 bits per heavy atom. The van der Waals surface area contributed by atoms with Crippen molar-refractivity contribution >= 4 is 11.8 Å². The van der Waals surface area contributed by atoms with Crippen LogP contribution in [-0.2, 0) is 11.3 Å². The van der Waals surface area contributed by atoms with Crippen molar-refractivity contribution in [2.75, 3.05) is 12.3 Å². The summed E-state index contributed by atoms with van der Waals surface area (Å²) in [4.78, 5) is 0. The van der Waals surface area contributed by atoms with Gasteiger partial charge in [-0.05, 0) is 32.1 Å². The van der Waals surface area contributed by atoms with Gasteiger partial charge < -0.3 is 9.73 Å². The second kappa shape index (κ2) is 4.53. The van der Waals surface area contributed by atoms with E-state index in [1.54, 1.807) is 0 Å². The minimum atomic E-state index is 0.0530. The third-order valence-electron chi connectivity index (χ3n) is 2.66.